The molecule has 144 valence electrons. The van der Waals surface area contributed by atoms with Gasteiger partial charge in [-0.15, -0.1) is 0 Å². The van der Waals surface area contributed by atoms with Gasteiger partial charge in [0.05, 0.1) is 7.11 Å². The molecular weight excluding hydrogens is 340 g/mol. The number of ether oxygens (including phenoxy) is 1. The van der Waals surface area contributed by atoms with Gasteiger partial charge in [-0.25, -0.2) is 9.78 Å². The van der Waals surface area contributed by atoms with Gasteiger partial charge in [-0.2, -0.15) is 0 Å². The third-order valence-electron chi connectivity index (χ3n) is 5.14. The van der Waals surface area contributed by atoms with Crippen LogP contribution >= 0.6 is 0 Å². The van der Waals surface area contributed by atoms with Crippen LogP contribution in [0.25, 0.3) is 0 Å². The molecule has 3 rings (SSSR count). The molecule has 0 aliphatic carbocycles. The van der Waals surface area contributed by atoms with Crippen LogP contribution in [0.15, 0.2) is 24.3 Å². The van der Waals surface area contributed by atoms with Crippen LogP contribution in [0.1, 0.15) is 22.4 Å². The molecule has 1 aliphatic heterocycles. The van der Waals surface area contributed by atoms with E-state index in [0.29, 0.717) is 24.7 Å². The lowest BCUT2D eigenvalue weighted by atomic mass is 10.1. The molecule has 2 amide bonds. The number of hydrogen-bond donors (Lipinski definition) is 1. The first-order chi connectivity index (χ1) is 12.9. The lowest BCUT2D eigenvalue weighted by molar-refractivity contribution is 0.208. The van der Waals surface area contributed by atoms with Gasteiger partial charge in [-0.1, -0.05) is 12.1 Å². The van der Waals surface area contributed by atoms with Crippen LogP contribution in [0.3, 0.4) is 0 Å². The molecule has 0 radical (unpaired) electrons. The van der Waals surface area contributed by atoms with Crippen molar-refractivity contribution in [2.45, 2.75) is 27.7 Å². The number of methoxy groups -OCH3 is 1. The SMILES string of the molecule is COc1nc(C)c(C)cc1NC(=O)N1CCN(c2cc(C)ccc2C)CC1. The first kappa shape index (κ1) is 19.0. The van der Waals surface area contributed by atoms with Gasteiger partial charge in [0, 0.05) is 37.6 Å². The average Bonchev–Trinajstić information content (AvgIpc) is 2.66. The Morgan fingerprint density at radius 1 is 1.04 bits per heavy atom. The summed E-state index contributed by atoms with van der Waals surface area (Å²) >= 11 is 0. The molecule has 2 heterocycles. The molecule has 6 heteroatoms. The largest absolute Gasteiger partial charge is 0.480 e. The Hall–Kier alpha value is -2.76. The number of urea groups is 1. The fraction of sp³-hybridized carbons (Fsp3) is 0.429. The van der Waals surface area contributed by atoms with Crippen molar-refractivity contribution in [2.24, 2.45) is 0 Å². The molecule has 0 saturated carbocycles. The number of carbonyl (C=O) groups excluding carboxylic acids is 1. The van der Waals surface area contributed by atoms with Gasteiger partial charge in [0.1, 0.15) is 5.69 Å². The lowest BCUT2D eigenvalue weighted by Crippen LogP contribution is -2.50. The zero-order chi connectivity index (χ0) is 19.6. The van der Waals surface area contributed by atoms with E-state index < -0.39 is 0 Å². The highest BCUT2D eigenvalue weighted by Gasteiger charge is 2.23. The van der Waals surface area contributed by atoms with Crippen LogP contribution in [-0.2, 0) is 0 Å². The van der Waals surface area contributed by atoms with E-state index >= 15 is 0 Å². The molecule has 2 aromatic rings. The first-order valence-electron chi connectivity index (χ1n) is 9.29. The second kappa shape index (κ2) is 7.86. The Labute approximate surface area is 161 Å². The minimum Gasteiger partial charge on any atom is -0.480 e. The summed E-state index contributed by atoms with van der Waals surface area (Å²) in [6, 6.07) is 8.30. The number of nitrogens with zero attached hydrogens (tertiary/aromatic N) is 3. The van der Waals surface area contributed by atoms with Gasteiger partial charge in [0.25, 0.3) is 0 Å². The van der Waals surface area contributed by atoms with Crippen molar-refractivity contribution in [2.75, 3.05) is 43.5 Å². The lowest BCUT2D eigenvalue weighted by Gasteiger charge is -2.37. The highest BCUT2D eigenvalue weighted by molar-refractivity contribution is 5.91. The van der Waals surface area contributed by atoms with Gasteiger partial charge in [-0.3, -0.25) is 0 Å². The van der Waals surface area contributed by atoms with Crippen LogP contribution < -0.4 is 15.0 Å². The third-order valence-corrected chi connectivity index (χ3v) is 5.14. The Bertz CT molecular complexity index is 842. The molecule has 1 aliphatic rings. The van der Waals surface area contributed by atoms with Crippen molar-refractivity contribution in [1.29, 1.82) is 0 Å². The van der Waals surface area contributed by atoms with Crippen molar-refractivity contribution in [3.8, 4) is 5.88 Å². The van der Waals surface area contributed by atoms with Crippen molar-refractivity contribution in [1.82, 2.24) is 9.88 Å². The van der Waals surface area contributed by atoms with E-state index in [1.165, 1.54) is 16.8 Å². The highest BCUT2D eigenvalue weighted by Crippen LogP contribution is 2.26. The highest BCUT2D eigenvalue weighted by atomic mass is 16.5. The average molecular weight is 368 g/mol. The maximum atomic E-state index is 12.7. The molecule has 1 aromatic heterocycles. The quantitative estimate of drug-likeness (QED) is 0.898. The number of nitrogens with one attached hydrogen (secondary N) is 1. The van der Waals surface area contributed by atoms with Crippen molar-refractivity contribution < 1.29 is 9.53 Å². The van der Waals surface area contributed by atoms with E-state index in [4.69, 9.17) is 4.74 Å². The number of amides is 2. The van der Waals surface area contributed by atoms with Gasteiger partial charge >= 0.3 is 6.03 Å². The minimum absolute atomic E-state index is 0.112. The summed E-state index contributed by atoms with van der Waals surface area (Å²) in [5.41, 5.74) is 6.31. The standard InChI is InChI=1S/C21H28N4O2/c1-14-6-7-15(2)19(12-14)24-8-10-25(11-9-24)21(26)23-18-13-16(3)17(4)22-20(18)27-5/h6-7,12-13H,8-11H2,1-5H3,(H,23,26). The number of hydrogen-bond acceptors (Lipinski definition) is 4. The molecule has 0 spiro atoms. The van der Waals surface area contributed by atoms with Gasteiger partial charge < -0.3 is 19.9 Å². The van der Waals surface area contributed by atoms with Crippen LogP contribution in [0.2, 0.25) is 0 Å². The maximum absolute atomic E-state index is 12.7. The molecule has 0 bridgehead atoms. The van der Waals surface area contributed by atoms with Crippen molar-refractivity contribution >= 4 is 17.4 Å². The number of rotatable bonds is 3. The van der Waals surface area contributed by atoms with E-state index in [2.05, 4.69) is 47.2 Å². The zero-order valence-corrected chi connectivity index (χ0v) is 16.8. The number of anilines is 2. The summed E-state index contributed by atoms with van der Waals surface area (Å²) in [5, 5.41) is 2.96. The summed E-state index contributed by atoms with van der Waals surface area (Å²) < 4.78 is 5.32. The molecule has 0 atom stereocenters. The topological polar surface area (TPSA) is 57.7 Å². The first-order valence-corrected chi connectivity index (χ1v) is 9.29. The monoisotopic (exact) mass is 368 g/mol. The smallest absolute Gasteiger partial charge is 0.322 e. The Morgan fingerprint density at radius 2 is 1.74 bits per heavy atom. The predicted octanol–water partition coefficient (Wildman–Crippen LogP) is 3.68. The summed E-state index contributed by atoms with van der Waals surface area (Å²) in [5.74, 6) is 0.445. The van der Waals surface area contributed by atoms with Gasteiger partial charge in [-0.05, 0) is 56.5 Å². The Kier molecular flexibility index (Phi) is 5.54. The van der Waals surface area contributed by atoms with E-state index in [1.54, 1.807) is 7.11 Å². The van der Waals surface area contributed by atoms with Crippen LogP contribution in [-0.4, -0.2) is 49.2 Å². The molecular formula is C21H28N4O2. The summed E-state index contributed by atoms with van der Waals surface area (Å²) in [7, 11) is 1.57. The molecule has 6 nitrogen and oxygen atoms in total. The predicted molar refractivity (Wildman–Crippen MR) is 109 cm³/mol. The van der Waals surface area contributed by atoms with E-state index in [0.717, 1.165) is 24.3 Å². The van der Waals surface area contributed by atoms with Crippen LogP contribution in [0.4, 0.5) is 16.2 Å². The van der Waals surface area contributed by atoms with Crippen molar-refractivity contribution in [3.05, 3.63) is 46.6 Å². The number of benzene rings is 1. The van der Waals surface area contributed by atoms with Gasteiger partial charge in [0.15, 0.2) is 0 Å². The van der Waals surface area contributed by atoms with Crippen LogP contribution in [0.5, 0.6) is 5.88 Å². The van der Waals surface area contributed by atoms with Crippen LogP contribution in [0, 0.1) is 27.7 Å². The third kappa shape index (κ3) is 4.15. The van der Waals surface area contributed by atoms with E-state index in [9.17, 15) is 4.79 Å². The summed E-state index contributed by atoms with van der Waals surface area (Å²) in [4.78, 5) is 21.3. The molecule has 1 N–H and O–H groups in total. The number of aromatic nitrogens is 1. The summed E-state index contributed by atoms with van der Waals surface area (Å²) in [6.45, 7) is 11.1. The van der Waals surface area contributed by atoms with Gasteiger partial charge in [0.2, 0.25) is 5.88 Å². The zero-order valence-electron chi connectivity index (χ0n) is 16.8. The molecule has 1 fully saturated rings. The second-order valence-corrected chi connectivity index (χ2v) is 7.14. The molecule has 1 aromatic carbocycles. The number of aryl methyl sites for hydroxylation is 4. The van der Waals surface area contributed by atoms with Crippen molar-refractivity contribution in [3.63, 3.8) is 0 Å². The fourth-order valence-corrected chi connectivity index (χ4v) is 3.33. The maximum Gasteiger partial charge on any atom is 0.322 e. The Balaban J connectivity index is 1.65. The Morgan fingerprint density at radius 3 is 2.41 bits per heavy atom. The normalized spacial score (nSPS) is 14.3. The van der Waals surface area contributed by atoms with E-state index in [1.807, 2.05) is 24.8 Å². The second-order valence-electron chi connectivity index (χ2n) is 7.14. The van der Waals surface area contributed by atoms with E-state index in [-0.39, 0.29) is 6.03 Å². The number of pyridine rings is 1. The number of piperazine rings is 1. The molecule has 0 unspecified atom stereocenters. The molecule has 27 heavy (non-hydrogen) atoms. The summed E-state index contributed by atoms with van der Waals surface area (Å²) in [6.07, 6.45) is 0. The minimum atomic E-state index is -0.112. The number of carbonyl (C=O) groups is 1. The molecule has 1 saturated heterocycles. The fourth-order valence-electron chi connectivity index (χ4n) is 3.33.